The summed E-state index contributed by atoms with van der Waals surface area (Å²) >= 11 is 0. The van der Waals surface area contributed by atoms with Gasteiger partial charge in [-0.1, -0.05) is 24.3 Å². The molecule has 0 spiro atoms. The number of fused-ring (bicyclic) bond motifs is 1. The fourth-order valence-electron chi connectivity index (χ4n) is 1.94. The molecular formula is C12H19ClN2O. The molecule has 0 amide bonds. The number of halogens is 1. The second-order valence-electron chi connectivity index (χ2n) is 3.88. The summed E-state index contributed by atoms with van der Waals surface area (Å²) in [6.07, 6.45) is 0. The van der Waals surface area contributed by atoms with E-state index in [1.54, 1.807) is 0 Å². The summed E-state index contributed by atoms with van der Waals surface area (Å²) in [6, 6.07) is 8.62. The zero-order valence-electron chi connectivity index (χ0n) is 9.39. The number of nitrogens with two attached hydrogens (primary N) is 1. The Kier molecular flexibility index (Phi) is 5.77. The minimum atomic E-state index is 0. The molecule has 1 heterocycles. The number of rotatable bonds is 5. The molecule has 0 saturated heterocycles. The van der Waals surface area contributed by atoms with Crippen molar-refractivity contribution in [1.82, 2.24) is 4.90 Å². The Bertz CT molecular complexity index is 295. The van der Waals surface area contributed by atoms with Crippen molar-refractivity contribution in [1.29, 1.82) is 0 Å². The van der Waals surface area contributed by atoms with Crippen LogP contribution in [0, 0.1) is 0 Å². The lowest BCUT2D eigenvalue weighted by atomic mass is 10.1. The van der Waals surface area contributed by atoms with E-state index in [9.17, 15) is 0 Å². The molecular weight excluding hydrogens is 224 g/mol. The zero-order valence-corrected chi connectivity index (χ0v) is 10.2. The van der Waals surface area contributed by atoms with Crippen molar-refractivity contribution >= 4 is 12.4 Å². The summed E-state index contributed by atoms with van der Waals surface area (Å²) in [5.74, 6) is 0. The van der Waals surface area contributed by atoms with E-state index >= 15 is 0 Å². The van der Waals surface area contributed by atoms with Crippen LogP contribution >= 0.6 is 12.4 Å². The number of hydrogen-bond donors (Lipinski definition) is 1. The Hall–Kier alpha value is -0.610. The summed E-state index contributed by atoms with van der Waals surface area (Å²) in [6.45, 7) is 5.17. The Labute approximate surface area is 103 Å². The molecule has 90 valence electrons. The third kappa shape index (κ3) is 3.46. The SMILES string of the molecule is Cl.NCCOCCN1Cc2ccccc2C1. The van der Waals surface area contributed by atoms with Crippen LogP contribution < -0.4 is 5.73 Å². The predicted octanol–water partition coefficient (Wildman–Crippen LogP) is 1.40. The summed E-state index contributed by atoms with van der Waals surface area (Å²) < 4.78 is 5.38. The van der Waals surface area contributed by atoms with Gasteiger partial charge in [0.25, 0.3) is 0 Å². The summed E-state index contributed by atoms with van der Waals surface area (Å²) in [7, 11) is 0. The normalized spacial score (nSPS) is 14.6. The van der Waals surface area contributed by atoms with Gasteiger partial charge in [0.2, 0.25) is 0 Å². The van der Waals surface area contributed by atoms with Crippen LogP contribution in [-0.4, -0.2) is 31.2 Å². The van der Waals surface area contributed by atoms with Gasteiger partial charge < -0.3 is 10.5 Å². The standard InChI is InChI=1S/C12H18N2O.ClH/c13-5-7-15-8-6-14-9-11-3-1-2-4-12(11)10-14;/h1-4H,5-10,13H2;1H. The van der Waals surface area contributed by atoms with E-state index in [0.717, 1.165) is 26.2 Å². The van der Waals surface area contributed by atoms with Gasteiger partial charge in [-0.15, -0.1) is 12.4 Å². The maximum Gasteiger partial charge on any atom is 0.0594 e. The van der Waals surface area contributed by atoms with Gasteiger partial charge in [0, 0.05) is 26.2 Å². The average Bonchev–Trinajstić information content (AvgIpc) is 2.67. The van der Waals surface area contributed by atoms with Crippen LogP contribution in [0.1, 0.15) is 11.1 Å². The first-order chi connectivity index (χ1) is 7.40. The monoisotopic (exact) mass is 242 g/mol. The van der Waals surface area contributed by atoms with Crippen molar-refractivity contribution in [2.75, 3.05) is 26.3 Å². The first kappa shape index (κ1) is 13.5. The number of ether oxygens (including phenoxy) is 1. The van der Waals surface area contributed by atoms with E-state index in [1.165, 1.54) is 11.1 Å². The molecule has 1 aromatic carbocycles. The van der Waals surface area contributed by atoms with Gasteiger partial charge in [0.05, 0.1) is 13.2 Å². The molecule has 0 radical (unpaired) electrons. The molecule has 0 fully saturated rings. The minimum Gasteiger partial charge on any atom is -0.379 e. The van der Waals surface area contributed by atoms with E-state index in [4.69, 9.17) is 10.5 Å². The zero-order chi connectivity index (χ0) is 10.5. The van der Waals surface area contributed by atoms with Crippen molar-refractivity contribution in [3.8, 4) is 0 Å². The predicted molar refractivity (Wildman–Crippen MR) is 67.7 cm³/mol. The van der Waals surface area contributed by atoms with Gasteiger partial charge >= 0.3 is 0 Å². The Morgan fingerprint density at radius 1 is 1.12 bits per heavy atom. The van der Waals surface area contributed by atoms with Crippen molar-refractivity contribution in [3.05, 3.63) is 35.4 Å². The highest BCUT2D eigenvalue weighted by Crippen LogP contribution is 2.21. The quantitative estimate of drug-likeness (QED) is 0.794. The maximum absolute atomic E-state index is 5.38. The Morgan fingerprint density at radius 2 is 1.75 bits per heavy atom. The Morgan fingerprint density at radius 3 is 2.31 bits per heavy atom. The maximum atomic E-state index is 5.38. The molecule has 0 atom stereocenters. The number of nitrogens with zero attached hydrogens (tertiary/aromatic N) is 1. The summed E-state index contributed by atoms with van der Waals surface area (Å²) in [5, 5.41) is 0. The van der Waals surface area contributed by atoms with E-state index in [-0.39, 0.29) is 12.4 Å². The van der Waals surface area contributed by atoms with Gasteiger partial charge in [-0.3, -0.25) is 4.90 Å². The van der Waals surface area contributed by atoms with Gasteiger partial charge in [-0.05, 0) is 11.1 Å². The third-order valence-corrected chi connectivity index (χ3v) is 2.72. The van der Waals surface area contributed by atoms with Crippen LogP contribution in [0.5, 0.6) is 0 Å². The first-order valence-electron chi connectivity index (χ1n) is 5.47. The van der Waals surface area contributed by atoms with Gasteiger partial charge in [0.1, 0.15) is 0 Å². The number of benzene rings is 1. The topological polar surface area (TPSA) is 38.5 Å². The third-order valence-electron chi connectivity index (χ3n) is 2.72. The molecule has 0 aromatic heterocycles. The van der Waals surface area contributed by atoms with Crippen LogP contribution in [0.15, 0.2) is 24.3 Å². The fraction of sp³-hybridized carbons (Fsp3) is 0.500. The summed E-state index contributed by atoms with van der Waals surface area (Å²) in [5.41, 5.74) is 8.26. The number of hydrogen-bond acceptors (Lipinski definition) is 3. The molecule has 1 aliphatic heterocycles. The Balaban J connectivity index is 0.00000128. The molecule has 4 heteroatoms. The fourth-order valence-corrected chi connectivity index (χ4v) is 1.94. The van der Waals surface area contributed by atoms with Crippen LogP contribution in [0.3, 0.4) is 0 Å². The largest absolute Gasteiger partial charge is 0.379 e. The van der Waals surface area contributed by atoms with Crippen LogP contribution in [0.25, 0.3) is 0 Å². The lowest BCUT2D eigenvalue weighted by Gasteiger charge is -2.14. The van der Waals surface area contributed by atoms with Gasteiger partial charge in [-0.2, -0.15) is 0 Å². The lowest BCUT2D eigenvalue weighted by Crippen LogP contribution is -2.23. The van der Waals surface area contributed by atoms with Gasteiger partial charge in [0.15, 0.2) is 0 Å². The molecule has 1 aromatic rings. The van der Waals surface area contributed by atoms with Crippen LogP contribution in [-0.2, 0) is 17.8 Å². The van der Waals surface area contributed by atoms with Crippen LogP contribution in [0.4, 0.5) is 0 Å². The molecule has 0 aliphatic carbocycles. The smallest absolute Gasteiger partial charge is 0.0594 e. The van der Waals surface area contributed by atoms with Crippen molar-refractivity contribution in [2.24, 2.45) is 5.73 Å². The highest BCUT2D eigenvalue weighted by molar-refractivity contribution is 5.85. The van der Waals surface area contributed by atoms with E-state index in [0.29, 0.717) is 13.2 Å². The molecule has 0 unspecified atom stereocenters. The highest BCUT2D eigenvalue weighted by Gasteiger charge is 2.17. The second-order valence-corrected chi connectivity index (χ2v) is 3.88. The van der Waals surface area contributed by atoms with Crippen molar-refractivity contribution in [2.45, 2.75) is 13.1 Å². The molecule has 3 nitrogen and oxygen atoms in total. The molecule has 0 bridgehead atoms. The lowest BCUT2D eigenvalue weighted by molar-refractivity contribution is 0.108. The van der Waals surface area contributed by atoms with E-state index < -0.39 is 0 Å². The first-order valence-corrected chi connectivity index (χ1v) is 5.47. The van der Waals surface area contributed by atoms with E-state index in [1.807, 2.05) is 0 Å². The molecule has 1 aliphatic rings. The van der Waals surface area contributed by atoms with E-state index in [2.05, 4.69) is 29.2 Å². The summed E-state index contributed by atoms with van der Waals surface area (Å²) in [4.78, 5) is 2.40. The molecule has 0 saturated carbocycles. The molecule has 2 N–H and O–H groups in total. The second kappa shape index (κ2) is 6.86. The molecule has 16 heavy (non-hydrogen) atoms. The van der Waals surface area contributed by atoms with Crippen LogP contribution in [0.2, 0.25) is 0 Å². The van der Waals surface area contributed by atoms with Crippen molar-refractivity contribution < 1.29 is 4.74 Å². The molecule has 2 rings (SSSR count). The average molecular weight is 243 g/mol. The van der Waals surface area contributed by atoms with Gasteiger partial charge in [-0.25, -0.2) is 0 Å². The van der Waals surface area contributed by atoms with Crippen molar-refractivity contribution in [3.63, 3.8) is 0 Å². The highest BCUT2D eigenvalue weighted by atomic mass is 35.5. The minimum absolute atomic E-state index is 0.